The first kappa shape index (κ1) is 21.9. The van der Waals surface area contributed by atoms with Crippen LogP contribution in [0.5, 0.6) is 0 Å². The number of hydrogen-bond acceptors (Lipinski definition) is 6. The van der Waals surface area contributed by atoms with Crippen molar-refractivity contribution in [2.24, 2.45) is 34.5 Å². The van der Waals surface area contributed by atoms with E-state index in [1.54, 1.807) is 0 Å². The minimum Gasteiger partial charge on any atom is -0.469 e. The zero-order valence-corrected chi connectivity index (χ0v) is 19.4. The van der Waals surface area contributed by atoms with Crippen LogP contribution >= 0.6 is 0 Å². The van der Waals surface area contributed by atoms with Gasteiger partial charge in [0.15, 0.2) is 0 Å². The Balaban J connectivity index is 1.74. The fraction of sp³-hybridized carbons (Fsp3) is 0.800. The Labute approximate surface area is 189 Å². The molecule has 7 nitrogen and oxygen atoms in total. The van der Waals surface area contributed by atoms with Crippen molar-refractivity contribution in [1.29, 1.82) is 0 Å². The summed E-state index contributed by atoms with van der Waals surface area (Å²) in [4.78, 5) is 41.3. The lowest BCUT2D eigenvalue weighted by Gasteiger charge is -2.57. The number of piperidine rings is 1. The van der Waals surface area contributed by atoms with E-state index in [0.29, 0.717) is 32.4 Å². The molecule has 0 aromatic carbocycles. The number of hydrogen-bond donors (Lipinski definition) is 1. The molecule has 6 rings (SSSR count). The second-order valence-corrected chi connectivity index (χ2v) is 10.9. The highest BCUT2D eigenvalue weighted by Gasteiger charge is 2.73. The van der Waals surface area contributed by atoms with Gasteiger partial charge in [0.2, 0.25) is 5.91 Å². The first-order valence-corrected chi connectivity index (χ1v) is 12.2. The van der Waals surface area contributed by atoms with Crippen LogP contribution < -0.4 is 0 Å². The molecule has 0 aromatic heterocycles. The minimum absolute atomic E-state index is 0.0225. The highest BCUT2D eigenvalue weighted by atomic mass is 16.5. The number of carbonyl (C=O) groups excluding carboxylic acids is 3. The molecule has 176 valence electrons. The predicted molar refractivity (Wildman–Crippen MR) is 115 cm³/mol. The van der Waals surface area contributed by atoms with Gasteiger partial charge in [-0.25, -0.2) is 0 Å². The Morgan fingerprint density at radius 1 is 1.19 bits per heavy atom. The number of rotatable bonds is 3. The van der Waals surface area contributed by atoms with Gasteiger partial charge in [-0.3, -0.25) is 14.4 Å². The fourth-order valence-electron chi connectivity index (χ4n) is 8.16. The van der Waals surface area contributed by atoms with Crippen LogP contribution in [0.3, 0.4) is 0 Å². The van der Waals surface area contributed by atoms with E-state index in [1.807, 2.05) is 11.8 Å². The number of methoxy groups -OCH3 is 1. The SMILES string of the molecule is COC(=O)C1CC23C(=O)N4CC(C)C(O)CCC2(COC(C)=O)C(CCC2=C3C1CC2)C4. The van der Waals surface area contributed by atoms with E-state index in [2.05, 4.69) is 0 Å². The highest BCUT2D eigenvalue weighted by molar-refractivity contribution is 5.92. The zero-order valence-electron chi connectivity index (χ0n) is 19.4. The van der Waals surface area contributed by atoms with Gasteiger partial charge in [0.05, 0.1) is 31.2 Å². The number of fused-ring (bicyclic) bond motifs is 4. The molecular weight excluding hydrogens is 410 g/mol. The van der Waals surface area contributed by atoms with Crippen LogP contribution in [0.2, 0.25) is 0 Å². The van der Waals surface area contributed by atoms with E-state index in [-0.39, 0.29) is 48.1 Å². The summed E-state index contributed by atoms with van der Waals surface area (Å²) < 4.78 is 10.9. The maximum atomic E-state index is 14.5. The van der Waals surface area contributed by atoms with Crippen molar-refractivity contribution < 1.29 is 29.0 Å². The summed E-state index contributed by atoms with van der Waals surface area (Å²) in [6.07, 6.45) is 4.80. The summed E-state index contributed by atoms with van der Waals surface area (Å²) in [6, 6.07) is 0. The lowest BCUT2D eigenvalue weighted by molar-refractivity contribution is -0.179. The maximum Gasteiger partial charge on any atom is 0.309 e. The Morgan fingerprint density at radius 3 is 2.66 bits per heavy atom. The smallest absolute Gasteiger partial charge is 0.309 e. The number of amides is 1. The van der Waals surface area contributed by atoms with Gasteiger partial charge < -0.3 is 19.5 Å². The molecule has 7 atom stereocenters. The molecule has 1 spiro atoms. The summed E-state index contributed by atoms with van der Waals surface area (Å²) in [5, 5.41) is 10.9. The molecule has 7 heteroatoms. The Kier molecular flexibility index (Phi) is 5.19. The quantitative estimate of drug-likeness (QED) is 0.530. The molecule has 0 radical (unpaired) electrons. The average molecular weight is 446 g/mol. The Hall–Kier alpha value is -1.89. The molecule has 32 heavy (non-hydrogen) atoms. The molecule has 1 amide bonds. The van der Waals surface area contributed by atoms with Gasteiger partial charge >= 0.3 is 11.9 Å². The molecule has 3 heterocycles. The van der Waals surface area contributed by atoms with Crippen molar-refractivity contribution in [3.8, 4) is 0 Å². The van der Waals surface area contributed by atoms with Crippen molar-refractivity contribution >= 4 is 17.8 Å². The molecule has 3 aliphatic heterocycles. The topological polar surface area (TPSA) is 93.1 Å². The van der Waals surface area contributed by atoms with Gasteiger partial charge in [-0.15, -0.1) is 0 Å². The number of esters is 2. The highest BCUT2D eigenvalue weighted by Crippen LogP contribution is 2.71. The molecule has 6 aliphatic rings. The van der Waals surface area contributed by atoms with Crippen LogP contribution in [0, 0.1) is 34.5 Å². The van der Waals surface area contributed by atoms with E-state index in [9.17, 15) is 19.5 Å². The lowest BCUT2D eigenvalue weighted by Crippen LogP contribution is -2.65. The third kappa shape index (κ3) is 2.79. The maximum absolute atomic E-state index is 14.5. The summed E-state index contributed by atoms with van der Waals surface area (Å²) in [6.45, 7) is 4.75. The molecule has 7 unspecified atom stereocenters. The summed E-state index contributed by atoms with van der Waals surface area (Å²) in [5.41, 5.74) is 1.07. The first-order chi connectivity index (χ1) is 15.2. The number of aliphatic hydroxyl groups is 1. The molecule has 4 fully saturated rings. The van der Waals surface area contributed by atoms with Crippen molar-refractivity contribution in [2.45, 2.75) is 64.9 Å². The Bertz CT molecular complexity index is 882. The van der Waals surface area contributed by atoms with Gasteiger partial charge in [-0.2, -0.15) is 0 Å². The van der Waals surface area contributed by atoms with Crippen molar-refractivity contribution in [3.63, 3.8) is 0 Å². The normalized spacial score (nSPS) is 42.7. The molecular formula is C25H35NO6. The fourth-order valence-corrected chi connectivity index (χ4v) is 8.16. The van der Waals surface area contributed by atoms with Crippen molar-refractivity contribution in [1.82, 2.24) is 4.90 Å². The van der Waals surface area contributed by atoms with E-state index < -0.39 is 16.9 Å². The van der Waals surface area contributed by atoms with Crippen LogP contribution in [0.25, 0.3) is 0 Å². The molecule has 1 N–H and O–H groups in total. The number of aliphatic hydroxyl groups excluding tert-OH is 1. The second kappa shape index (κ2) is 7.57. The molecule has 3 saturated heterocycles. The first-order valence-electron chi connectivity index (χ1n) is 12.2. The lowest BCUT2D eigenvalue weighted by atomic mass is 9.50. The largest absolute Gasteiger partial charge is 0.469 e. The van der Waals surface area contributed by atoms with E-state index in [4.69, 9.17) is 9.47 Å². The molecule has 4 bridgehead atoms. The summed E-state index contributed by atoms with van der Waals surface area (Å²) >= 11 is 0. The zero-order chi connectivity index (χ0) is 22.8. The standard InChI is InChI=1S/C25H35NO6/c1-14-11-26-12-17-6-4-16-5-7-18-19(22(29)31-3)10-25(21(16)18,23(26)30)24(17,9-8-20(14)28)13-32-15(2)27/h14,17-20,28H,4-13H2,1-3H3. The van der Waals surface area contributed by atoms with Gasteiger partial charge in [-0.1, -0.05) is 18.1 Å². The van der Waals surface area contributed by atoms with Crippen molar-refractivity contribution in [3.05, 3.63) is 11.1 Å². The van der Waals surface area contributed by atoms with Crippen LogP contribution in [-0.4, -0.2) is 60.8 Å². The summed E-state index contributed by atoms with van der Waals surface area (Å²) in [7, 11) is 1.43. The van der Waals surface area contributed by atoms with Crippen molar-refractivity contribution in [2.75, 3.05) is 26.8 Å². The van der Waals surface area contributed by atoms with Crippen LogP contribution in [0.1, 0.15) is 58.8 Å². The van der Waals surface area contributed by atoms with Gasteiger partial charge in [0.1, 0.15) is 0 Å². The van der Waals surface area contributed by atoms with E-state index in [1.165, 1.54) is 25.2 Å². The third-order valence-electron chi connectivity index (χ3n) is 9.59. The number of ether oxygens (including phenoxy) is 2. The summed E-state index contributed by atoms with van der Waals surface area (Å²) in [5.74, 6) is -0.678. The number of allylic oxidation sites excluding steroid dienone is 1. The van der Waals surface area contributed by atoms with Crippen LogP contribution in [0.4, 0.5) is 0 Å². The van der Waals surface area contributed by atoms with Crippen LogP contribution in [0.15, 0.2) is 11.1 Å². The molecule has 1 saturated carbocycles. The predicted octanol–water partition coefficient (Wildman–Crippen LogP) is 2.46. The number of carbonyl (C=O) groups is 3. The minimum atomic E-state index is -0.846. The molecule has 3 aliphatic carbocycles. The van der Waals surface area contributed by atoms with E-state index in [0.717, 1.165) is 25.7 Å². The van der Waals surface area contributed by atoms with Crippen LogP contribution in [-0.2, 0) is 23.9 Å². The Morgan fingerprint density at radius 2 is 1.94 bits per heavy atom. The van der Waals surface area contributed by atoms with E-state index >= 15 is 0 Å². The monoisotopic (exact) mass is 445 g/mol. The van der Waals surface area contributed by atoms with Gasteiger partial charge in [-0.05, 0) is 62.7 Å². The average Bonchev–Trinajstić information content (AvgIpc) is 3.32. The third-order valence-corrected chi connectivity index (χ3v) is 9.59. The van der Waals surface area contributed by atoms with Gasteiger partial charge in [0, 0.05) is 25.4 Å². The number of nitrogens with zero attached hydrogens (tertiary/aromatic N) is 1. The molecule has 0 aromatic rings. The second-order valence-electron chi connectivity index (χ2n) is 10.9. The van der Waals surface area contributed by atoms with Gasteiger partial charge in [0.25, 0.3) is 0 Å².